The minimum Gasteiger partial charge on any atom is -0.481 e. The lowest BCUT2D eigenvalue weighted by Crippen LogP contribution is -2.50. The third kappa shape index (κ3) is 6.37. The average molecular weight is 288 g/mol. The Morgan fingerprint density at radius 3 is 2.60 bits per heavy atom. The number of aliphatic carboxylic acids is 2. The van der Waals surface area contributed by atoms with Gasteiger partial charge >= 0.3 is 18.0 Å². The maximum atomic E-state index is 11.7. The van der Waals surface area contributed by atoms with Crippen LogP contribution in [0.3, 0.4) is 0 Å². The van der Waals surface area contributed by atoms with Crippen molar-refractivity contribution in [2.24, 2.45) is 0 Å². The standard InChI is InChI=1S/C12H20N2O6/c15-10(16)5-1-4-9(11(17)18)14-12(19)13-8-3-2-6-20-7-8/h8-9H,1-7H2,(H,15,16)(H,17,18)(H2,13,14,19)/t8?,9-/m1/s1. The van der Waals surface area contributed by atoms with Crippen molar-refractivity contribution >= 4 is 18.0 Å². The summed E-state index contributed by atoms with van der Waals surface area (Å²) in [6, 6.07) is -1.76. The number of rotatable bonds is 7. The summed E-state index contributed by atoms with van der Waals surface area (Å²) in [7, 11) is 0. The Kier molecular flexibility index (Phi) is 6.78. The molecule has 1 saturated heterocycles. The van der Waals surface area contributed by atoms with Crippen LogP contribution in [0.1, 0.15) is 32.1 Å². The molecule has 20 heavy (non-hydrogen) atoms. The largest absolute Gasteiger partial charge is 0.481 e. The van der Waals surface area contributed by atoms with Crippen molar-refractivity contribution in [2.75, 3.05) is 13.2 Å². The quantitative estimate of drug-likeness (QED) is 0.529. The van der Waals surface area contributed by atoms with Crippen LogP contribution in [0, 0.1) is 0 Å². The Hall–Kier alpha value is -1.83. The zero-order valence-corrected chi connectivity index (χ0v) is 11.1. The van der Waals surface area contributed by atoms with Gasteiger partial charge in [0.05, 0.1) is 12.6 Å². The summed E-state index contributed by atoms with van der Waals surface area (Å²) >= 11 is 0. The molecule has 0 radical (unpaired) electrons. The van der Waals surface area contributed by atoms with E-state index in [2.05, 4.69) is 10.6 Å². The van der Waals surface area contributed by atoms with E-state index in [9.17, 15) is 14.4 Å². The molecule has 0 aromatic heterocycles. The molecular weight excluding hydrogens is 268 g/mol. The molecule has 0 saturated carbocycles. The Labute approximate surface area is 116 Å². The summed E-state index contributed by atoms with van der Waals surface area (Å²) < 4.78 is 5.20. The van der Waals surface area contributed by atoms with E-state index in [1.807, 2.05) is 0 Å². The van der Waals surface area contributed by atoms with Gasteiger partial charge in [-0.1, -0.05) is 0 Å². The molecule has 1 unspecified atom stereocenters. The van der Waals surface area contributed by atoms with Crippen LogP contribution in [0.2, 0.25) is 0 Å². The van der Waals surface area contributed by atoms with E-state index in [1.54, 1.807) is 0 Å². The molecule has 0 aromatic carbocycles. The second kappa shape index (κ2) is 8.36. The maximum absolute atomic E-state index is 11.7. The first-order valence-electron chi connectivity index (χ1n) is 6.58. The van der Waals surface area contributed by atoms with Crippen molar-refractivity contribution in [2.45, 2.75) is 44.2 Å². The highest BCUT2D eigenvalue weighted by Crippen LogP contribution is 2.06. The van der Waals surface area contributed by atoms with Gasteiger partial charge in [-0.2, -0.15) is 0 Å². The molecule has 1 aliphatic rings. The number of ether oxygens (including phenoxy) is 1. The summed E-state index contributed by atoms with van der Waals surface area (Å²) in [5.41, 5.74) is 0. The number of carboxylic acid groups (broad SMARTS) is 2. The summed E-state index contributed by atoms with van der Waals surface area (Å²) in [6.45, 7) is 1.09. The predicted molar refractivity (Wildman–Crippen MR) is 68.4 cm³/mol. The number of hydrogen-bond donors (Lipinski definition) is 4. The third-order valence-corrected chi connectivity index (χ3v) is 2.98. The van der Waals surface area contributed by atoms with E-state index in [1.165, 1.54) is 0 Å². The van der Waals surface area contributed by atoms with Gasteiger partial charge in [-0.3, -0.25) is 4.79 Å². The fourth-order valence-electron chi connectivity index (χ4n) is 1.95. The zero-order valence-electron chi connectivity index (χ0n) is 11.1. The first-order valence-corrected chi connectivity index (χ1v) is 6.58. The van der Waals surface area contributed by atoms with Crippen LogP contribution in [0.5, 0.6) is 0 Å². The first kappa shape index (κ1) is 16.2. The molecule has 0 aromatic rings. The number of hydrogen-bond acceptors (Lipinski definition) is 4. The molecule has 2 atom stereocenters. The van der Waals surface area contributed by atoms with Crippen LogP contribution in [0.4, 0.5) is 4.79 Å². The lowest BCUT2D eigenvalue weighted by Gasteiger charge is -2.24. The SMILES string of the molecule is O=C(O)CCC[C@@H](NC(=O)NC1CCCOC1)C(=O)O. The number of amides is 2. The number of carbonyl (C=O) groups excluding carboxylic acids is 1. The molecule has 8 nitrogen and oxygen atoms in total. The normalized spacial score (nSPS) is 19.9. The summed E-state index contributed by atoms with van der Waals surface area (Å²) in [6.07, 6.45) is 1.80. The van der Waals surface area contributed by atoms with Crippen LogP contribution in [0.25, 0.3) is 0 Å². The third-order valence-electron chi connectivity index (χ3n) is 2.98. The van der Waals surface area contributed by atoms with E-state index in [0.717, 1.165) is 12.8 Å². The van der Waals surface area contributed by atoms with Crippen molar-refractivity contribution in [1.82, 2.24) is 10.6 Å². The molecule has 1 rings (SSSR count). The Bertz CT molecular complexity index is 354. The molecule has 1 aliphatic heterocycles. The van der Waals surface area contributed by atoms with Gasteiger partial charge in [0.25, 0.3) is 0 Å². The van der Waals surface area contributed by atoms with Crippen molar-refractivity contribution in [3.8, 4) is 0 Å². The van der Waals surface area contributed by atoms with Gasteiger partial charge in [0.1, 0.15) is 6.04 Å². The fraction of sp³-hybridized carbons (Fsp3) is 0.750. The molecule has 1 fully saturated rings. The van der Waals surface area contributed by atoms with Crippen LogP contribution >= 0.6 is 0 Å². The Morgan fingerprint density at radius 1 is 1.30 bits per heavy atom. The summed E-state index contributed by atoms with van der Waals surface area (Å²) in [5, 5.41) is 22.5. The molecule has 2 amide bonds. The molecule has 0 aliphatic carbocycles. The monoisotopic (exact) mass is 288 g/mol. The number of urea groups is 1. The van der Waals surface area contributed by atoms with Crippen molar-refractivity contribution < 1.29 is 29.3 Å². The minimum atomic E-state index is -1.18. The van der Waals surface area contributed by atoms with Gasteiger partial charge in [-0.25, -0.2) is 9.59 Å². The van der Waals surface area contributed by atoms with Crippen molar-refractivity contribution in [1.29, 1.82) is 0 Å². The highest BCUT2D eigenvalue weighted by Gasteiger charge is 2.22. The van der Waals surface area contributed by atoms with E-state index < -0.39 is 24.0 Å². The summed E-state index contributed by atoms with van der Waals surface area (Å²) in [4.78, 5) is 33.0. The highest BCUT2D eigenvalue weighted by molar-refractivity contribution is 5.82. The van der Waals surface area contributed by atoms with Crippen LogP contribution in [0.15, 0.2) is 0 Å². The Morgan fingerprint density at radius 2 is 2.05 bits per heavy atom. The van der Waals surface area contributed by atoms with E-state index in [0.29, 0.717) is 13.2 Å². The summed E-state index contributed by atoms with van der Waals surface area (Å²) in [5.74, 6) is -2.16. The van der Waals surface area contributed by atoms with E-state index in [-0.39, 0.29) is 25.3 Å². The van der Waals surface area contributed by atoms with E-state index in [4.69, 9.17) is 14.9 Å². The van der Waals surface area contributed by atoms with Gasteiger partial charge in [0.2, 0.25) is 0 Å². The molecule has 0 bridgehead atoms. The smallest absolute Gasteiger partial charge is 0.326 e. The second-order valence-electron chi connectivity index (χ2n) is 4.71. The molecule has 8 heteroatoms. The number of carboxylic acids is 2. The Balaban J connectivity index is 2.33. The fourth-order valence-corrected chi connectivity index (χ4v) is 1.95. The van der Waals surface area contributed by atoms with Crippen LogP contribution < -0.4 is 10.6 Å². The van der Waals surface area contributed by atoms with Crippen LogP contribution in [-0.2, 0) is 14.3 Å². The van der Waals surface area contributed by atoms with Crippen molar-refractivity contribution in [3.05, 3.63) is 0 Å². The maximum Gasteiger partial charge on any atom is 0.326 e. The zero-order chi connectivity index (χ0) is 15.0. The highest BCUT2D eigenvalue weighted by atomic mass is 16.5. The topological polar surface area (TPSA) is 125 Å². The molecular formula is C12H20N2O6. The predicted octanol–water partition coefficient (Wildman–Crippen LogP) is 0.173. The van der Waals surface area contributed by atoms with Gasteiger partial charge in [0, 0.05) is 13.0 Å². The number of carbonyl (C=O) groups is 3. The number of nitrogens with one attached hydrogen (secondary N) is 2. The molecule has 1 heterocycles. The first-order chi connectivity index (χ1) is 9.49. The minimum absolute atomic E-state index is 0.0796. The molecule has 4 N–H and O–H groups in total. The van der Waals surface area contributed by atoms with Crippen molar-refractivity contribution in [3.63, 3.8) is 0 Å². The van der Waals surface area contributed by atoms with Gasteiger partial charge in [0.15, 0.2) is 0 Å². The molecule has 0 spiro atoms. The molecule has 114 valence electrons. The van der Waals surface area contributed by atoms with E-state index >= 15 is 0 Å². The van der Waals surface area contributed by atoms with Gasteiger partial charge < -0.3 is 25.6 Å². The van der Waals surface area contributed by atoms with Crippen LogP contribution in [-0.4, -0.2) is 53.5 Å². The second-order valence-corrected chi connectivity index (χ2v) is 4.71. The average Bonchev–Trinajstić information content (AvgIpc) is 2.38. The lowest BCUT2D eigenvalue weighted by molar-refractivity contribution is -0.140. The lowest BCUT2D eigenvalue weighted by atomic mass is 10.1. The van der Waals surface area contributed by atoms with Gasteiger partial charge in [-0.15, -0.1) is 0 Å². The van der Waals surface area contributed by atoms with Gasteiger partial charge in [-0.05, 0) is 25.7 Å².